The Hall–Kier alpha value is -3.41. The Balaban J connectivity index is 1.68. The molecule has 2 aromatic carbocycles. The molecule has 5 rings (SSSR count). The molecule has 0 saturated heterocycles. The van der Waals surface area contributed by atoms with Crippen molar-refractivity contribution in [3.8, 4) is 17.3 Å². The quantitative estimate of drug-likeness (QED) is 0.612. The molecule has 0 atom stereocenters. The van der Waals surface area contributed by atoms with Crippen molar-refractivity contribution in [2.24, 2.45) is 0 Å². The van der Waals surface area contributed by atoms with E-state index < -0.39 is 0 Å². The van der Waals surface area contributed by atoms with E-state index in [0.717, 1.165) is 52.5 Å². The van der Waals surface area contributed by atoms with Crippen molar-refractivity contribution in [3.05, 3.63) is 66.0 Å². The molecule has 0 aliphatic carbocycles. The number of carbonyl (C=O) groups excluding carboxylic acids is 1. The third-order valence-electron chi connectivity index (χ3n) is 5.11. The first kappa shape index (κ1) is 15.8. The van der Waals surface area contributed by atoms with Crippen molar-refractivity contribution >= 4 is 16.9 Å². The average molecular weight is 357 g/mol. The zero-order valence-corrected chi connectivity index (χ0v) is 15.0. The number of nitrogens with one attached hydrogen (secondary N) is 1. The fraction of sp³-hybridized carbons (Fsp3) is 0.190. The lowest BCUT2D eigenvalue weighted by atomic mass is 10.00. The Morgan fingerprint density at radius 1 is 1.15 bits per heavy atom. The summed E-state index contributed by atoms with van der Waals surface area (Å²) in [7, 11) is 0. The van der Waals surface area contributed by atoms with Gasteiger partial charge in [0.15, 0.2) is 11.6 Å². The number of aryl methyl sites for hydroxylation is 1. The van der Waals surface area contributed by atoms with Gasteiger partial charge in [0.1, 0.15) is 0 Å². The van der Waals surface area contributed by atoms with Gasteiger partial charge in [-0.2, -0.15) is 0 Å². The van der Waals surface area contributed by atoms with Gasteiger partial charge in [-0.05, 0) is 43.2 Å². The van der Waals surface area contributed by atoms with Gasteiger partial charge in [0.05, 0.1) is 11.0 Å². The zero-order chi connectivity index (χ0) is 18.4. The van der Waals surface area contributed by atoms with Gasteiger partial charge in [-0.3, -0.25) is 9.36 Å². The summed E-state index contributed by atoms with van der Waals surface area (Å²) in [4.78, 5) is 21.6. The summed E-state index contributed by atoms with van der Waals surface area (Å²) >= 11 is 0. The summed E-state index contributed by atoms with van der Waals surface area (Å²) in [5.41, 5.74) is 4.78. The maximum Gasteiger partial charge on any atom is 0.251 e. The summed E-state index contributed by atoms with van der Waals surface area (Å²) in [6.07, 6.45) is 4.55. The van der Waals surface area contributed by atoms with E-state index in [-0.39, 0.29) is 5.91 Å². The summed E-state index contributed by atoms with van der Waals surface area (Å²) in [5, 5.41) is 2.91. The largest absolute Gasteiger partial charge is 0.352 e. The SMILES string of the molecule is CCn1c(-c2nccn2-c2ccc3c(c2)C(=O)NCC3)nc2ccccc21. The molecule has 1 aliphatic rings. The molecule has 0 saturated carbocycles. The van der Waals surface area contributed by atoms with Crippen LogP contribution in [0.2, 0.25) is 0 Å². The second kappa shape index (κ2) is 6.09. The Kier molecular flexibility index (Phi) is 3.57. The number of amides is 1. The summed E-state index contributed by atoms with van der Waals surface area (Å²) in [6, 6.07) is 14.1. The normalized spacial score (nSPS) is 13.6. The smallest absolute Gasteiger partial charge is 0.251 e. The zero-order valence-electron chi connectivity index (χ0n) is 15.0. The number of hydrogen-bond donors (Lipinski definition) is 1. The molecule has 4 aromatic rings. The molecule has 1 N–H and O–H groups in total. The lowest BCUT2D eigenvalue weighted by Gasteiger charge is -2.18. The Bertz CT molecular complexity index is 1170. The molecular weight excluding hydrogens is 338 g/mol. The first-order valence-corrected chi connectivity index (χ1v) is 9.16. The molecular formula is C21H19N5O. The van der Waals surface area contributed by atoms with Gasteiger partial charge in [0.2, 0.25) is 0 Å². The van der Waals surface area contributed by atoms with E-state index in [9.17, 15) is 4.79 Å². The Labute approximate surface area is 156 Å². The molecule has 1 aliphatic heterocycles. The molecule has 1 amide bonds. The van der Waals surface area contributed by atoms with Crippen molar-refractivity contribution in [2.75, 3.05) is 6.54 Å². The van der Waals surface area contributed by atoms with Crippen LogP contribution < -0.4 is 5.32 Å². The minimum atomic E-state index is -0.0134. The second-order valence-corrected chi connectivity index (χ2v) is 6.64. The number of hydrogen-bond acceptors (Lipinski definition) is 3. The highest BCUT2D eigenvalue weighted by Gasteiger charge is 2.20. The highest BCUT2D eigenvalue weighted by Crippen LogP contribution is 2.27. The number of benzene rings is 2. The first-order valence-electron chi connectivity index (χ1n) is 9.16. The minimum Gasteiger partial charge on any atom is -0.352 e. The Morgan fingerprint density at radius 2 is 2.04 bits per heavy atom. The monoisotopic (exact) mass is 357 g/mol. The molecule has 27 heavy (non-hydrogen) atoms. The minimum absolute atomic E-state index is 0.0134. The fourth-order valence-electron chi connectivity index (χ4n) is 3.79. The summed E-state index contributed by atoms with van der Waals surface area (Å²) in [5.74, 6) is 1.58. The predicted molar refractivity (Wildman–Crippen MR) is 104 cm³/mol. The third kappa shape index (κ3) is 2.44. The van der Waals surface area contributed by atoms with Gasteiger partial charge in [-0.25, -0.2) is 9.97 Å². The van der Waals surface area contributed by atoms with Crippen LogP contribution in [0, 0.1) is 0 Å². The topological polar surface area (TPSA) is 64.7 Å². The molecule has 0 spiro atoms. The predicted octanol–water partition coefficient (Wildman–Crippen LogP) is 3.19. The van der Waals surface area contributed by atoms with Crippen molar-refractivity contribution in [2.45, 2.75) is 19.9 Å². The first-order chi connectivity index (χ1) is 13.3. The lowest BCUT2D eigenvalue weighted by Crippen LogP contribution is -2.31. The molecule has 0 fully saturated rings. The van der Waals surface area contributed by atoms with Gasteiger partial charge >= 0.3 is 0 Å². The van der Waals surface area contributed by atoms with Gasteiger partial charge in [0, 0.05) is 36.7 Å². The molecule has 0 radical (unpaired) electrons. The number of aromatic nitrogens is 4. The average Bonchev–Trinajstić information content (AvgIpc) is 3.32. The summed E-state index contributed by atoms with van der Waals surface area (Å²) < 4.78 is 4.16. The van der Waals surface area contributed by atoms with E-state index in [1.54, 1.807) is 6.20 Å². The number of nitrogens with zero attached hydrogens (tertiary/aromatic N) is 4. The van der Waals surface area contributed by atoms with Crippen molar-refractivity contribution in [3.63, 3.8) is 0 Å². The molecule has 134 valence electrons. The third-order valence-corrected chi connectivity index (χ3v) is 5.11. The van der Waals surface area contributed by atoms with Crippen LogP contribution in [0.25, 0.3) is 28.4 Å². The number of carbonyl (C=O) groups is 1. The van der Waals surface area contributed by atoms with Crippen molar-refractivity contribution in [1.29, 1.82) is 0 Å². The van der Waals surface area contributed by atoms with Crippen LogP contribution >= 0.6 is 0 Å². The van der Waals surface area contributed by atoms with E-state index in [0.29, 0.717) is 6.54 Å². The molecule has 6 nitrogen and oxygen atoms in total. The maximum atomic E-state index is 12.2. The highest BCUT2D eigenvalue weighted by molar-refractivity contribution is 5.97. The maximum absolute atomic E-state index is 12.2. The molecule has 3 heterocycles. The van der Waals surface area contributed by atoms with Crippen LogP contribution in [0.5, 0.6) is 0 Å². The van der Waals surface area contributed by atoms with E-state index in [4.69, 9.17) is 4.98 Å². The van der Waals surface area contributed by atoms with Crippen molar-refractivity contribution < 1.29 is 4.79 Å². The standard InChI is InChI=1S/C21H19N5O/c1-2-25-18-6-4-3-5-17(18)24-20(25)19-22-11-12-26(19)15-8-7-14-9-10-23-21(27)16(14)13-15/h3-8,11-13H,2,9-10H2,1H3,(H,23,27). The molecule has 6 heteroatoms. The van der Waals surface area contributed by atoms with Gasteiger partial charge in [0.25, 0.3) is 5.91 Å². The molecule has 0 bridgehead atoms. The van der Waals surface area contributed by atoms with Crippen LogP contribution in [0.15, 0.2) is 54.9 Å². The number of rotatable bonds is 3. The van der Waals surface area contributed by atoms with Gasteiger partial charge < -0.3 is 9.88 Å². The Morgan fingerprint density at radius 3 is 2.93 bits per heavy atom. The second-order valence-electron chi connectivity index (χ2n) is 6.64. The molecule has 2 aromatic heterocycles. The summed E-state index contributed by atoms with van der Waals surface area (Å²) in [6.45, 7) is 3.60. The highest BCUT2D eigenvalue weighted by atomic mass is 16.1. The van der Waals surface area contributed by atoms with E-state index in [2.05, 4.69) is 27.9 Å². The number of para-hydroxylation sites is 2. The number of imidazole rings is 2. The van der Waals surface area contributed by atoms with Crippen molar-refractivity contribution in [1.82, 2.24) is 24.4 Å². The lowest BCUT2D eigenvalue weighted by molar-refractivity contribution is 0.0946. The van der Waals surface area contributed by atoms with Crippen LogP contribution in [-0.4, -0.2) is 31.6 Å². The molecule has 0 unspecified atom stereocenters. The van der Waals surface area contributed by atoms with Crippen LogP contribution in [0.4, 0.5) is 0 Å². The number of fused-ring (bicyclic) bond motifs is 2. The van der Waals surface area contributed by atoms with Crippen LogP contribution in [0.1, 0.15) is 22.8 Å². The van der Waals surface area contributed by atoms with E-state index in [1.165, 1.54) is 0 Å². The van der Waals surface area contributed by atoms with Gasteiger partial charge in [-0.15, -0.1) is 0 Å². The van der Waals surface area contributed by atoms with Gasteiger partial charge in [-0.1, -0.05) is 18.2 Å². The van der Waals surface area contributed by atoms with Crippen LogP contribution in [0.3, 0.4) is 0 Å². The fourth-order valence-corrected chi connectivity index (χ4v) is 3.79. The van der Waals surface area contributed by atoms with Crippen LogP contribution in [-0.2, 0) is 13.0 Å². The van der Waals surface area contributed by atoms with E-state index >= 15 is 0 Å². The van der Waals surface area contributed by atoms with E-state index in [1.807, 2.05) is 47.2 Å².